The summed E-state index contributed by atoms with van der Waals surface area (Å²) in [5, 5.41) is 3.75. The van der Waals surface area contributed by atoms with Gasteiger partial charge in [-0.15, -0.1) is 0 Å². The molecule has 2 atom stereocenters. The van der Waals surface area contributed by atoms with Crippen molar-refractivity contribution < 1.29 is 0 Å². The average Bonchev–Trinajstić information content (AvgIpc) is 2.35. The third kappa shape index (κ3) is 4.07. The Bertz CT molecular complexity index is 406. The molecule has 1 aromatic rings. The monoisotopic (exact) mass is 261 g/mol. The summed E-state index contributed by atoms with van der Waals surface area (Å²) in [6.45, 7) is 17.0. The van der Waals surface area contributed by atoms with Crippen molar-refractivity contribution in [3.05, 3.63) is 34.4 Å². The molecule has 1 aromatic carbocycles. The van der Waals surface area contributed by atoms with Crippen molar-refractivity contribution in [3.8, 4) is 0 Å². The van der Waals surface area contributed by atoms with Crippen LogP contribution in [0, 0.1) is 32.6 Å². The van der Waals surface area contributed by atoms with Crippen LogP contribution >= 0.6 is 0 Å². The number of nitrogens with one attached hydrogen (secondary N) is 1. The van der Waals surface area contributed by atoms with Gasteiger partial charge >= 0.3 is 0 Å². The minimum atomic E-state index is 0.472. The van der Waals surface area contributed by atoms with Gasteiger partial charge in [-0.1, -0.05) is 39.8 Å². The molecule has 0 heterocycles. The van der Waals surface area contributed by atoms with E-state index in [4.69, 9.17) is 0 Å². The zero-order valence-electron chi connectivity index (χ0n) is 13.8. The Labute approximate surface area is 119 Å². The highest BCUT2D eigenvalue weighted by molar-refractivity contribution is 5.38. The largest absolute Gasteiger partial charge is 0.310 e. The number of hydrogen-bond acceptors (Lipinski definition) is 1. The molecule has 2 unspecified atom stereocenters. The van der Waals surface area contributed by atoms with E-state index in [1.165, 1.54) is 28.7 Å². The molecule has 0 aromatic heterocycles. The van der Waals surface area contributed by atoms with Crippen LogP contribution in [0.15, 0.2) is 12.1 Å². The maximum atomic E-state index is 3.75. The number of hydrogen-bond donors (Lipinski definition) is 1. The highest BCUT2D eigenvalue weighted by Gasteiger charge is 2.23. The summed E-state index contributed by atoms with van der Waals surface area (Å²) >= 11 is 0. The predicted octanol–water partition coefficient (Wildman–Crippen LogP) is 4.94. The topological polar surface area (TPSA) is 12.0 Å². The van der Waals surface area contributed by atoms with Gasteiger partial charge in [0.15, 0.2) is 0 Å². The van der Waals surface area contributed by atoms with Crippen molar-refractivity contribution in [1.82, 2.24) is 5.32 Å². The second kappa shape index (κ2) is 7.09. The molecule has 0 radical (unpaired) electrons. The molecular weight excluding hydrogens is 230 g/mol. The lowest BCUT2D eigenvalue weighted by Gasteiger charge is -2.30. The SMILES string of the molecule is CCCNC(c1cc(C)c(C)cc1C)C(C)C(C)C. The van der Waals surface area contributed by atoms with Gasteiger partial charge in [0.05, 0.1) is 0 Å². The molecule has 0 fully saturated rings. The summed E-state index contributed by atoms with van der Waals surface area (Å²) in [6, 6.07) is 5.19. The summed E-state index contributed by atoms with van der Waals surface area (Å²) in [7, 11) is 0. The van der Waals surface area contributed by atoms with Gasteiger partial charge in [-0.3, -0.25) is 0 Å². The third-order valence-corrected chi connectivity index (χ3v) is 4.41. The molecule has 0 saturated heterocycles. The van der Waals surface area contributed by atoms with E-state index in [0.29, 0.717) is 17.9 Å². The molecule has 1 nitrogen and oxygen atoms in total. The first-order valence-corrected chi connectivity index (χ1v) is 7.69. The minimum Gasteiger partial charge on any atom is -0.310 e. The van der Waals surface area contributed by atoms with Crippen molar-refractivity contribution in [2.24, 2.45) is 11.8 Å². The van der Waals surface area contributed by atoms with Crippen LogP contribution in [-0.4, -0.2) is 6.54 Å². The maximum Gasteiger partial charge on any atom is 0.0351 e. The van der Waals surface area contributed by atoms with Gasteiger partial charge in [0.25, 0.3) is 0 Å². The first kappa shape index (κ1) is 16.2. The second-order valence-electron chi connectivity index (χ2n) is 6.33. The Hall–Kier alpha value is -0.820. The van der Waals surface area contributed by atoms with Crippen molar-refractivity contribution in [3.63, 3.8) is 0 Å². The summed E-state index contributed by atoms with van der Waals surface area (Å²) < 4.78 is 0. The first-order valence-electron chi connectivity index (χ1n) is 7.69. The van der Waals surface area contributed by atoms with Crippen LogP contribution < -0.4 is 5.32 Å². The zero-order valence-corrected chi connectivity index (χ0v) is 13.8. The first-order chi connectivity index (χ1) is 8.88. The van der Waals surface area contributed by atoms with Crippen LogP contribution in [-0.2, 0) is 0 Å². The van der Waals surface area contributed by atoms with Crippen LogP contribution in [0.2, 0.25) is 0 Å². The van der Waals surface area contributed by atoms with Crippen molar-refractivity contribution in [1.29, 1.82) is 0 Å². The van der Waals surface area contributed by atoms with E-state index in [2.05, 4.69) is 65.9 Å². The molecule has 1 rings (SSSR count). The highest BCUT2D eigenvalue weighted by Crippen LogP contribution is 2.31. The van der Waals surface area contributed by atoms with Crippen LogP contribution in [0.1, 0.15) is 62.4 Å². The number of rotatable bonds is 6. The quantitative estimate of drug-likeness (QED) is 0.764. The Morgan fingerprint density at radius 3 is 2.05 bits per heavy atom. The van der Waals surface area contributed by atoms with Crippen LogP contribution in [0.25, 0.3) is 0 Å². The molecule has 1 N–H and O–H groups in total. The average molecular weight is 261 g/mol. The highest BCUT2D eigenvalue weighted by atomic mass is 14.9. The zero-order chi connectivity index (χ0) is 14.6. The number of aryl methyl sites for hydroxylation is 3. The fourth-order valence-electron chi connectivity index (χ4n) is 2.58. The van der Waals surface area contributed by atoms with Crippen molar-refractivity contribution >= 4 is 0 Å². The third-order valence-electron chi connectivity index (χ3n) is 4.41. The van der Waals surface area contributed by atoms with Crippen LogP contribution in [0.4, 0.5) is 0 Å². The van der Waals surface area contributed by atoms with E-state index < -0.39 is 0 Å². The van der Waals surface area contributed by atoms with E-state index in [9.17, 15) is 0 Å². The van der Waals surface area contributed by atoms with Gasteiger partial charge < -0.3 is 5.32 Å². The maximum absolute atomic E-state index is 3.75. The molecule has 1 heteroatoms. The van der Waals surface area contributed by atoms with Crippen LogP contribution in [0.5, 0.6) is 0 Å². The molecule has 108 valence electrons. The molecular formula is C18H31N. The summed E-state index contributed by atoms with van der Waals surface area (Å²) in [5.41, 5.74) is 5.70. The van der Waals surface area contributed by atoms with E-state index in [1.54, 1.807) is 0 Å². The van der Waals surface area contributed by atoms with Gasteiger partial charge in [-0.25, -0.2) is 0 Å². The van der Waals surface area contributed by atoms with E-state index in [-0.39, 0.29) is 0 Å². The van der Waals surface area contributed by atoms with Crippen molar-refractivity contribution in [2.45, 2.75) is 60.9 Å². The fraction of sp³-hybridized carbons (Fsp3) is 0.667. The van der Waals surface area contributed by atoms with E-state index >= 15 is 0 Å². The van der Waals surface area contributed by atoms with Crippen LogP contribution in [0.3, 0.4) is 0 Å². The predicted molar refractivity (Wildman–Crippen MR) is 85.7 cm³/mol. The summed E-state index contributed by atoms with van der Waals surface area (Å²) in [4.78, 5) is 0. The molecule has 0 saturated carbocycles. The molecule has 0 aliphatic heterocycles. The molecule has 0 amide bonds. The Balaban J connectivity index is 3.13. The van der Waals surface area contributed by atoms with Gasteiger partial charge in [0, 0.05) is 6.04 Å². The Morgan fingerprint density at radius 1 is 0.947 bits per heavy atom. The van der Waals surface area contributed by atoms with Crippen molar-refractivity contribution in [2.75, 3.05) is 6.54 Å². The van der Waals surface area contributed by atoms with E-state index in [1.807, 2.05) is 0 Å². The minimum absolute atomic E-state index is 0.472. The second-order valence-corrected chi connectivity index (χ2v) is 6.33. The fourth-order valence-corrected chi connectivity index (χ4v) is 2.58. The van der Waals surface area contributed by atoms with Gasteiger partial charge in [-0.2, -0.15) is 0 Å². The lowest BCUT2D eigenvalue weighted by Crippen LogP contribution is -2.31. The molecule has 0 spiro atoms. The summed E-state index contributed by atoms with van der Waals surface area (Å²) in [5.74, 6) is 1.34. The van der Waals surface area contributed by atoms with Gasteiger partial charge in [0.2, 0.25) is 0 Å². The molecule has 0 aliphatic rings. The Kier molecular flexibility index (Phi) is 6.06. The standard InChI is InChI=1S/C18H31N/c1-8-9-19-18(16(7)12(2)3)17-11-14(5)13(4)10-15(17)6/h10-12,16,18-19H,8-9H2,1-7H3. The summed E-state index contributed by atoms with van der Waals surface area (Å²) in [6.07, 6.45) is 1.19. The van der Waals surface area contributed by atoms with Gasteiger partial charge in [-0.05, 0) is 67.8 Å². The van der Waals surface area contributed by atoms with E-state index in [0.717, 1.165) is 6.54 Å². The normalized spacial score (nSPS) is 14.7. The molecule has 0 aliphatic carbocycles. The number of benzene rings is 1. The Morgan fingerprint density at radius 2 is 1.53 bits per heavy atom. The van der Waals surface area contributed by atoms with Gasteiger partial charge in [0.1, 0.15) is 0 Å². The molecule has 19 heavy (non-hydrogen) atoms. The molecule has 0 bridgehead atoms. The smallest absolute Gasteiger partial charge is 0.0351 e. The lowest BCUT2D eigenvalue weighted by molar-refractivity contribution is 0.303. The lowest BCUT2D eigenvalue weighted by atomic mass is 9.83.